The Labute approximate surface area is 168 Å². The summed E-state index contributed by atoms with van der Waals surface area (Å²) in [5, 5.41) is 19.8. The Bertz CT molecular complexity index is 537. The maximum atomic E-state index is 11.7. The second-order valence-electron chi connectivity index (χ2n) is 6.66. The Balaban J connectivity index is 3.61. The van der Waals surface area contributed by atoms with Crippen molar-refractivity contribution in [2.75, 3.05) is 0 Å². The molecule has 0 saturated carbocycles. The first-order chi connectivity index (χ1) is 13.5. The number of nitrogens with one attached hydrogen (secondary N) is 1. The smallest absolute Gasteiger partial charge is 0.326 e. The van der Waals surface area contributed by atoms with Gasteiger partial charge in [0.15, 0.2) is 0 Å². The second-order valence-corrected chi connectivity index (χ2v) is 6.66. The summed E-state index contributed by atoms with van der Waals surface area (Å²) in [6.45, 7) is 2.13. The number of carboxylic acid groups (broad SMARTS) is 2. The molecule has 1 amide bonds. The normalized spacial score (nSPS) is 12.8. The van der Waals surface area contributed by atoms with Gasteiger partial charge in [-0.2, -0.15) is 0 Å². The van der Waals surface area contributed by atoms with Crippen molar-refractivity contribution >= 4 is 17.8 Å². The monoisotopic (exact) mass is 393 g/mol. The van der Waals surface area contributed by atoms with Gasteiger partial charge in [-0.3, -0.25) is 9.59 Å². The summed E-state index contributed by atoms with van der Waals surface area (Å²) >= 11 is 0. The molecule has 6 heteroatoms. The number of rotatable bonds is 17. The molecule has 0 aliphatic carbocycles. The molecule has 0 saturated heterocycles. The Hall–Kier alpha value is -2.37. The van der Waals surface area contributed by atoms with Crippen molar-refractivity contribution in [2.45, 2.75) is 83.6 Å². The summed E-state index contributed by atoms with van der Waals surface area (Å²) in [5.74, 6) is -2.98. The maximum absolute atomic E-state index is 11.7. The number of hydrogen-bond acceptors (Lipinski definition) is 3. The molecule has 6 nitrogen and oxygen atoms in total. The zero-order chi connectivity index (χ0) is 21.0. The van der Waals surface area contributed by atoms with Crippen LogP contribution in [0.3, 0.4) is 0 Å². The number of allylic oxidation sites excluding steroid dienone is 6. The zero-order valence-electron chi connectivity index (χ0n) is 16.9. The van der Waals surface area contributed by atoms with Crippen molar-refractivity contribution in [1.29, 1.82) is 0 Å². The van der Waals surface area contributed by atoms with Crippen molar-refractivity contribution in [3.63, 3.8) is 0 Å². The summed E-state index contributed by atoms with van der Waals surface area (Å²) in [5.41, 5.74) is 0. The van der Waals surface area contributed by atoms with Crippen LogP contribution in [-0.4, -0.2) is 34.1 Å². The van der Waals surface area contributed by atoms with Gasteiger partial charge in [-0.25, -0.2) is 4.79 Å². The van der Waals surface area contributed by atoms with Crippen molar-refractivity contribution in [3.05, 3.63) is 36.5 Å². The van der Waals surface area contributed by atoms with E-state index in [4.69, 9.17) is 10.2 Å². The number of amides is 1. The van der Waals surface area contributed by atoms with Crippen LogP contribution in [0, 0.1) is 0 Å². The van der Waals surface area contributed by atoms with E-state index in [0.29, 0.717) is 6.42 Å². The van der Waals surface area contributed by atoms with Crippen molar-refractivity contribution < 1.29 is 24.6 Å². The van der Waals surface area contributed by atoms with Gasteiger partial charge in [-0.15, -0.1) is 0 Å². The van der Waals surface area contributed by atoms with Gasteiger partial charge in [0.2, 0.25) is 5.91 Å². The van der Waals surface area contributed by atoms with Gasteiger partial charge in [0, 0.05) is 6.42 Å². The van der Waals surface area contributed by atoms with E-state index in [0.717, 1.165) is 51.4 Å². The van der Waals surface area contributed by atoms with E-state index in [1.807, 2.05) is 0 Å². The fourth-order valence-corrected chi connectivity index (χ4v) is 2.55. The van der Waals surface area contributed by atoms with Crippen LogP contribution in [0.5, 0.6) is 0 Å². The van der Waals surface area contributed by atoms with E-state index >= 15 is 0 Å². The first kappa shape index (κ1) is 25.6. The highest BCUT2D eigenvalue weighted by atomic mass is 16.4. The van der Waals surface area contributed by atoms with Gasteiger partial charge >= 0.3 is 11.9 Å². The highest BCUT2D eigenvalue weighted by Crippen LogP contribution is 2.08. The highest BCUT2D eigenvalue weighted by molar-refractivity contribution is 5.86. The minimum Gasteiger partial charge on any atom is -0.481 e. The highest BCUT2D eigenvalue weighted by Gasteiger charge is 2.22. The molecule has 0 radical (unpaired) electrons. The lowest BCUT2D eigenvalue weighted by molar-refractivity contribution is -0.147. The zero-order valence-corrected chi connectivity index (χ0v) is 16.9. The molecule has 1 atom stereocenters. The van der Waals surface area contributed by atoms with Gasteiger partial charge in [-0.1, -0.05) is 62.6 Å². The van der Waals surface area contributed by atoms with E-state index in [-0.39, 0.29) is 6.42 Å². The molecule has 0 fully saturated rings. The number of unbranched alkanes of at least 4 members (excludes halogenated alkanes) is 5. The Kier molecular flexibility index (Phi) is 16.5. The largest absolute Gasteiger partial charge is 0.481 e. The van der Waals surface area contributed by atoms with Gasteiger partial charge in [0.1, 0.15) is 6.04 Å². The van der Waals surface area contributed by atoms with Crippen LogP contribution in [0.2, 0.25) is 0 Å². The molecule has 0 aromatic rings. The lowest BCUT2D eigenvalue weighted by Crippen LogP contribution is -2.42. The third kappa shape index (κ3) is 17.1. The predicted molar refractivity (Wildman–Crippen MR) is 111 cm³/mol. The third-order valence-corrected chi connectivity index (χ3v) is 4.07. The molecule has 0 bridgehead atoms. The predicted octanol–water partition coefficient (Wildman–Crippen LogP) is 4.62. The van der Waals surface area contributed by atoms with Gasteiger partial charge in [-0.05, 0) is 38.5 Å². The third-order valence-electron chi connectivity index (χ3n) is 4.07. The minimum atomic E-state index is -1.36. The molecule has 0 rings (SSSR count). The molecule has 3 N–H and O–H groups in total. The van der Waals surface area contributed by atoms with Gasteiger partial charge in [0.05, 0.1) is 6.42 Å². The molecule has 0 spiro atoms. The van der Waals surface area contributed by atoms with Crippen LogP contribution >= 0.6 is 0 Å². The average molecular weight is 394 g/mol. The fraction of sp³-hybridized carbons (Fsp3) is 0.591. The molecule has 0 aromatic heterocycles. The molecule has 0 heterocycles. The molecule has 0 aromatic carbocycles. The maximum Gasteiger partial charge on any atom is 0.326 e. The quantitative estimate of drug-likeness (QED) is 0.247. The molecule has 0 aliphatic heterocycles. The summed E-state index contributed by atoms with van der Waals surface area (Å²) in [6, 6.07) is -1.36. The molecular weight excluding hydrogens is 358 g/mol. The molecule has 0 aliphatic rings. The number of carboxylic acids is 2. The van der Waals surface area contributed by atoms with E-state index < -0.39 is 30.3 Å². The lowest BCUT2D eigenvalue weighted by Gasteiger charge is -2.12. The van der Waals surface area contributed by atoms with Gasteiger partial charge in [0.25, 0.3) is 0 Å². The number of hydrogen-bond donors (Lipinski definition) is 3. The first-order valence-corrected chi connectivity index (χ1v) is 10.2. The van der Waals surface area contributed by atoms with Crippen LogP contribution in [0.15, 0.2) is 36.5 Å². The summed E-state index contributed by atoms with van der Waals surface area (Å²) in [6.07, 6.45) is 21.6. The van der Waals surface area contributed by atoms with E-state index in [1.165, 1.54) is 0 Å². The van der Waals surface area contributed by atoms with E-state index in [2.05, 4.69) is 48.7 Å². The number of carbonyl (C=O) groups is 3. The van der Waals surface area contributed by atoms with Crippen LogP contribution in [0.25, 0.3) is 0 Å². The molecule has 28 heavy (non-hydrogen) atoms. The molecule has 158 valence electrons. The topological polar surface area (TPSA) is 104 Å². The Morgan fingerprint density at radius 1 is 0.821 bits per heavy atom. The van der Waals surface area contributed by atoms with Crippen molar-refractivity contribution in [1.82, 2.24) is 5.32 Å². The number of carbonyl (C=O) groups excluding carboxylic acids is 1. The fourth-order valence-electron chi connectivity index (χ4n) is 2.55. The van der Waals surface area contributed by atoms with Crippen LogP contribution in [-0.2, 0) is 14.4 Å². The van der Waals surface area contributed by atoms with E-state index in [1.54, 1.807) is 0 Å². The van der Waals surface area contributed by atoms with Crippen LogP contribution in [0.1, 0.15) is 77.6 Å². The standard InChI is InChI=1S/C22H35NO5/c1-2-3-4-5-6-7-8-9-10-11-12-13-14-15-16-17-20(24)23-19(22(27)28)18-21(25)26/h3-4,6-7,9-10,19H,2,5,8,11-18H2,1H3,(H,23,24)(H,25,26)(H,27,28)/b4-3-,7-6-,10-9-. The van der Waals surface area contributed by atoms with Crippen molar-refractivity contribution in [2.24, 2.45) is 0 Å². The SMILES string of the molecule is CC/C=C\C/C=C\C/C=C\CCCCCCCC(=O)NC(CC(=O)O)C(=O)O. The summed E-state index contributed by atoms with van der Waals surface area (Å²) in [7, 11) is 0. The van der Waals surface area contributed by atoms with Crippen LogP contribution in [0.4, 0.5) is 0 Å². The summed E-state index contributed by atoms with van der Waals surface area (Å²) < 4.78 is 0. The van der Waals surface area contributed by atoms with E-state index in [9.17, 15) is 14.4 Å². The minimum absolute atomic E-state index is 0.225. The van der Waals surface area contributed by atoms with Crippen LogP contribution < -0.4 is 5.32 Å². The lowest BCUT2D eigenvalue weighted by atomic mass is 10.1. The Morgan fingerprint density at radius 2 is 1.39 bits per heavy atom. The molecular formula is C22H35NO5. The molecule has 1 unspecified atom stereocenters. The first-order valence-electron chi connectivity index (χ1n) is 10.2. The van der Waals surface area contributed by atoms with Crippen molar-refractivity contribution in [3.8, 4) is 0 Å². The second kappa shape index (κ2) is 18.0. The average Bonchev–Trinajstić information content (AvgIpc) is 2.64. The Morgan fingerprint density at radius 3 is 2.00 bits per heavy atom. The van der Waals surface area contributed by atoms with Gasteiger partial charge < -0.3 is 15.5 Å². The number of aliphatic carboxylic acids is 2. The summed E-state index contributed by atoms with van der Waals surface area (Å²) in [4.78, 5) is 33.2.